The minimum absolute atomic E-state index is 0. The number of aliphatic carboxylic acids is 2. The van der Waals surface area contributed by atoms with Crippen LogP contribution in [0.2, 0.25) is 0 Å². The van der Waals surface area contributed by atoms with E-state index in [0.717, 1.165) is 19.3 Å². The number of aliphatic hydroxyl groups is 1. The smallest absolute Gasteiger partial charge is 0.550 e. The standard InChI is InChI=1S/C17H33NO5.2Na/c1-2-3-4-5-6-7-8-9-10-14(19)13-18-15(17(22)23)11-12-16(20)21;;/h14-15,18-19H,2-13H2,1H3,(H,20,21)(H,22,23);;/q;2*+1/p-2/t14?,15-;;/m0../s1. The van der Waals surface area contributed by atoms with Crippen molar-refractivity contribution in [2.75, 3.05) is 6.54 Å². The molecule has 0 heterocycles. The molecule has 0 aromatic rings. The molecule has 136 valence electrons. The zero-order valence-corrected chi connectivity index (χ0v) is 20.2. The number of carboxylic acid groups (broad SMARTS) is 2. The fraction of sp³-hybridized carbons (Fsp3) is 0.882. The summed E-state index contributed by atoms with van der Waals surface area (Å²) in [5, 5.41) is 33.7. The van der Waals surface area contributed by atoms with Crippen LogP contribution in [0.25, 0.3) is 0 Å². The molecule has 0 spiro atoms. The molecule has 0 rings (SSSR count). The number of carbonyl (C=O) groups excluding carboxylic acids is 2. The van der Waals surface area contributed by atoms with Crippen molar-refractivity contribution in [2.24, 2.45) is 0 Å². The summed E-state index contributed by atoms with van der Waals surface area (Å²) < 4.78 is 0. The van der Waals surface area contributed by atoms with E-state index in [1.165, 1.54) is 32.1 Å². The monoisotopic (exact) mass is 375 g/mol. The Balaban J connectivity index is -0.00000242. The van der Waals surface area contributed by atoms with Crippen LogP contribution < -0.4 is 74.6 Å². The number of hydrogen-bond donors (Lipinski definition) is 2. The van der Waals surface area contributed by atoms with Crippen molar-refractivity contribution in [2.45, 2.75) is 89.7 Å². The van der Waals surface area contributed by atoms with E-state index in [9.17, 15) is 24.9 Å². The van der Waals surface area contributed by atoms with Crippen molar-refractivity contribution in [1.82, 2.24) is 5.32 Å². The summed E-state index contributed by atoms with van der Waals surface area (Å²) >= 11 is 0. The van der Waals surface area contributed by atoms with Gasteiger partial charge < -0.3 is 30.2 Å². The van der Waals surface area contributed by atoms with E-state index in [-0.39, 0.29) is 78.5 Å². The second kappa shape index (κ2) is 21.2. The van der Waals surface area contributed by atoms with Crippen LogP contribution in [0.4, 0.5) is 0 Å². The molecule has 25 heavy (non-hydrogen) atoms. The Hall–Kier alpha value is 0.860. The topological polar surface area (TPSA) is 113 Å². The van der Waals surface area contributed by atoms with Crippen LogP contribution >= 0.6 is 0 Å². The molecule has 0 fully saturated rings. The maximum atomic E-state index is 10.9. The summed E-state index contributed by atoms with van der Waals surface area (Å²) in [4.78, 5) is 21.2. The van der Waals surface area contributed by atoms with Crippen molar-refractivity contribution in [3.05, 3.63) is 0 Å². The third-order valence-corrected chi connectivity index (χ3v) is 3.91. The van der Waals surface area contributed by atoms with Gasteiger partial charge in [0.15, 0.2) is 0 Å². The number of carbonyl (C=O) groups is 2. The van der Waals surface area contributed by atoms with Gasteiger partial charge in [0.2, 0.25) is 0 Å². The van der Waals surface area contributed by atoms with Gasteiger partial charge in [-0.15, -0.1) is 0 Å². The average Bonchev–Trinajstić information content (AvgIpc) is 2.49. The predicted octanol–water partition coefficient (Wildman–Crippen LogP) is -5.88. The third-order valence-electron chi connectivity index (χ3n) is 3.91. The average molecular weight is 375 g/mol. The van der Waals surface area contributed by atoms with Gasteiger partial charge in [0.05, 0.1) is 12.1 Å². The van der Waals surface area contributed by atoms with E-state index in [1.807, 2.05) is 0 Å². The molecule has 0 saturated heterocycles. The molecule has 0 aromatic heterocycles. The molecule has 0 bridgehead atoms. The molecule has 8 heteroatoms. The molecule has 0 aliphatic rings. The number of nitrogens with one attached hydrogen (secondary N) is 1. The van der Waals surface area contributed by atoms with E-state index >= 15 is 0 Å². The Morgan fingerprint density at radius 1 is 0.920 bits per heavy atom. The molecule has 0 aliphatic heterocycles. The van der Waals surface area contributed by atoms with E-state index < -0.39 is 24.1 Å². The zero-order chi connectivity index (χ0) is 17.5. The molecule has 0 aromatic carbocycles. The van der Waals surface area contributed by atoms with Crippen molar-refractivity contribution in [3.8, 4) is 0 Å². The summed E-state index contributed by atoms with van der Waals surface area (Å²) in [6, 6.07) is -1.07. The number of unbranched alkanes of at least 4 members (excludes halogenated alkanes) is 7. The molecule has 2 atom stereocenters. The van der Waals surface area contributed by atoms with Crippen molar-refractivity contribution in [3.63, 3.8) is 0 Å². The normalized spacial score (nSPS) is 12.6. The van der Waals surface area contributed by atoms with E-state index in [4.69, 9.17) is 0 Å². The van der Waals surface area contributed by atoms with Gasteiger partial charge >= 0.3 is 59.1 Å². The van der Waals surface area contributed by atoms with Gasteiger partial charge in [-0.25, -0.2) is 0 Å². The quantitative estimate of drug-likeness (QED) is 0.205. The number of hydrogen-bond acceptors (Lipinski definition) is 6. The summed E-state index contributed by atoms with van der Waals surface area (Å²) in [5.74, 6) is -2.65. The largest absolute Gasteiger partial charge is 1.00 e. The summed E-state index contributed by atoms with van der Waals surface area (Å²) in [6.45, 7) is 2.32. The Morgan fingerprint density at radius 2 is 1.44 bits per heavy atom. The van der Waals surface area contributed by atoms with Gasteiger partial charge in [0.25, 0.3) is 0 Å². The first-order valence-electron chi connectivity index (χ1n) is 8.79. The molecular weight excluding hydrogens is 344 g/mol. The fourth-order valence-electron chi connectivity index (χ4n) is 2.46. The van der Waals surface area contributed by atoms with Gasteiger partial charge in [0, 0.05) is 18.6 Å². The van der Waals surface area contributed by atoms with Gasteiger partial charge in [-0.05, 0) is 19.3 Å². The predicted molar refractivity (Wildman–Crippen MR) is 84.3 cm³/mol. The first-order chi connectivity index (χ1) is 11.0. The van der Waals surface area contributed by atoms with E-state index in [0.29, 0.717) is 6.42 Å². The van der Waals surface area contributed by atoms with Crippen molar-refractivity contribution >= 4 is 11.9 Å². The number of rotatable bonds is 16. The molecule has 2 N–H and O–H groups in total. The van der Waals surface area contributed by atoms with Crippen LogP contribution in [0.5, 0.6) is 0 Å². The molecule has 0 saturated carbocycles. The summed E-state index contributed by atoms with van der Waals surface area (Å²) in [5.41, 5.74) is 0. The van der Waals surface area contributed by atoms with E-state index in [2.05, 4.69) is 12.2 Å². The molecule has 0 radical (unpaired) electrons. The first kappa shape index (κ1) is 30.6. The first-order valence-corrected chi connectivity index (χ1v) is 8.79. The van der Waals surface area contributed by atoms with Crippen LogP contribution in [0, 0.1) is 0 Å². The minimum Gasteiger partial charge on any atom is -0.550 e. The van der Waals surface area contributed by atoms with Gasteiger partial charge in [-0.2, -0.15) is 0 Å². The SMILES string of the molecule is CCCCCCCCCCC(O)CN[C@@H](CCC(=O)[O-])C(=O)[O-].[Na+].[Na+]. The fourth-order valence-corrected chi connectivity index (χ4v) is 2.46. The Kier molecular flexibility index (Phi) is 25.9. The van der Waals surface area contributed by atoms with Gasteiger partial charge in [0.1, 0.15) is 0 Å². The maximum absolute atomic E-state index is 10.9. The third kappa shape index (κ3) is 21.0. The van der Waals surface area contributed by atoms with Crippen LogP contribution in [0.3, 0.4) is 0 Å². The minimum atomic E-state index is -1.36. The summed E-state index contributed by atoms with van der Waals surface area (Å²) in [7, 11) is 0. The molecular formula is C17H31NNa2O5. The van der Waals surface area contributed by atoms with Crippen molar-refractivity contribution in [1.29, 1.82) is 0 Å². The summed E-state index contributed by atoms with van der Waals surface area (Å²) in [6.07, 6.45) is 9.00. The molecule has 1 unspecified atom stereocenters. The number of carboxylic acids is 2. The van der Waals surface area contributed by atoms with Crippen LogP contribution in [-0.4, -0.2) is 35.7 Å². The Labute approximate surface area is 196 Å². The Morgan fingerprint density at radius 3 is 1.92 bits per heavy atom. The second-order valence-electron chi connectivity index (χ2n) is 6.11. The van der Waals surface area contributed by atoms with Crippen LogP contribution in [0.1, 0.15) is 77.6 Å². The van der Waals surface area contributed by atoms with Crippen LogP contribution in [0.15, 0.2) is 0 Å². The second-order valence-corrected chi connectivity index (χ2v) is 6.11. The van der Waals surface area contributed by atoms with Crippen molar-refractivity contribution < 1.29 is 84.0 Å². The van der Waals surface area contributed by atoms with Gasteiger partial charge in [-0.3, -0.25) is 0 Å². The van der Waals surface area contributed by atoms with E-state index in [1.54, 1.807) is 0 Å². The maximum Gasteiger partial charge on any atom is 1.00 e. The molecule has 0 aliphatic carbocycles. The molecule has 0 amide bonds. The Bertz CT molecular complexity index is 332. The van der Waals surface area contributed by atoms with Crippen LogP contribution in [-0.2, 0) is 9.59 Å². The zero-order valence-electron chi connectivity index (χ0n) is 16.2. The molecule has 6 nitrogen and oxygen atoms in total. The number of aliphatic hydroxyl groups excluding tert-OH is 1. The van der Waals surface area contributed by atoms with Gasteiger partial charge in [-0.1, -0.05) is 58.3 Å².